The molecule has 2 aromatic carbocycles. The van der Waals surface area contributed by atoms with E-state index in [0.717, 1.165) is 28.8 Å². The topological polar surface area (TPSA) is 86.7 Å². The highest BCUT2D eigenvalue weighted by molar-refractivity contribution is 7.85. The number of hydrogen-bond acceptors (Lipinski definition) is 6. The number of ether oxygens (including phenoxy) is 1. The van der Waals surface area contributed by atoms with Gasteiger partial charge in [-0.25, -0.2) is 13.2 Å². The molecule has 0 aliphatic rings. The highest BCUT2D eigenvalue weighted by Crippen LogP contribution is 2.15. The van der Waals surface area contributed by atoms with Crippen molar-refractivity contribution in [2.75, 3.05) is 52.8 Å². The van der Waals surface area contributed by atoms with Crippen LogP contribution in [0.5, 0.6) is 0 Å². The van der Waals surface area contributed by atoms with Gasteiger partial charge in [0, 0.05) is 19.8 Å². The summed E-state index contributed by atoms with van der Waals surface area (Å²) in [6.45, 7) is 6.58. The molecule has 0 amide bonds. The largest absolute Gasteiger partial charge is 0.744 e. The molecule has 0 heterocycles. The molecule has 0 saturated heterocycles. The minimum Gasteiger partial charge on any atom is -0.744 e. The number of quaternary nitrogens is 1. The van der Waals surface area contributed by atoms with Gasteiger partial charge in [-0.3, -0.25) is 0 Å². The van der Waals surface area contributed by atoms with Crippen molar-refractivity contribution < 1.29 is 27.0 Å². The van der Waals surface area contributed by atoms with Crippen LogP contribution >= 0.6 is 0 Å². The van der Waals surface area contributed by atoms with Gasteiger partial charge in [0.25, 0.3) is 0 Å². The second-order valence-electron chi connectivity index (χ2n) is 12.8. The van der Waals surface area contributed by atoms with Gasteiger partial charge in [-0.15, -0.1) is 0 Å². The zero-order chi connectivity index (χ0) is 32.8. The van der Waals surface area contributed by atoms with Crippen molar-refractivity contribution in [1.82, 2.24) is 0 Å². The Bertz CT molecular complexity index is 1130. The lowest BCUT2D eigenvalue weighted by atomic mass is 10.0. The molecule has 0 unspecified atom stereocenters. The fourth-order valence-corrected chi connectivity index (χ4v) is 5.38. The molecule has 0 aromatic heterocycles. The van der Waals surface area contributed by atoms with E-state index in [9.17, 15) is 17.8 Å². The standard InChI is InChI=1S/C29H53N2O2.C7H8O3S/c1-6-7-8-9-10-11-12-13-14-15-16-17-18-19-24-31(4,5)25-26-33-29(32)27-20-22-28(23-21-27)30(2)3;1-6-2-4-7(5-3-6)11(8,9)10/h20-23H,6-19,24-26H2,1-5H3;2-5H,1H3,(H,8,9,10)/q+1;/p-1. The quantitative estimate of drug-likeness (QED) is 0.0595. The molecule has 0 saturated carbocycles. The SMILES string of the molecule is CCCCCCCCCCCCCCCC[N+](C)(C)CCOC(=O)c1ccc(N(C)C)cc1.Cc1ccc(S(=O)(=O)[O-])cc1. The summed E-state index contributed by atoms with van der Waals surface area (Å²) in [5.74, 6) is -0.225. The Kier molecular flexibility index (Phi) is 19.9. The molecule has 44 heavy (non-hydrogen) atoms. The number of anilines is 1. The van der Waals surface area contributed by atoms with Crippen LogP contribution in [0.3, 0.4) is 0 Å². The first-order valence-electron chi connectivity index (χ1n) is 16.6. The van der Waals surface area contributed by atoms with Crippen LogP contribution < -0.4 is 4.90 Å². The summed E-state index contributed by atoms with van der Waals surface area (Å²) in [5.41, 5.74) is 2.63. The van der Waals surface area contributed by atoms with Gasteiger partial charge in [-0.1, -0.05) is 102 Å². The number of rotatable bonds is 21. The minimum absolute atomic E-state index is 0.178. The van der Waals surface area contributed by atoms with Crippen molar-refractivity contribution >= 4 is 21.8 Å². The van der Waals surface area contributed by atoms with Crippen molar-refractivity contribution in [3.8, 4) is 0 Å². The zero-order valence-corrected chi connectivity index (χ0v) is 29.3. The third-order valence-electron chi connectivity index (χ3n) is 7.98. The first-order chi connectivity index (χ1) is 20.9. The highest BCUT2D eigenvalue weighted by atomic mass is 32.2. The molecule has 0 fully saturated rings. The average Bonchev–Trinajstić information content (AvgIpc) is 2.97. The van der Waals surface area contributed by atoms with Crippen molar-refractivity contribution in [2.24, 2.45) is 0 Å². The number of carbonyl (C=O) groups excluding carboxylic acids is 1. The van der Waals surface area contributed by atoms with E-state index in [1.54, 1.807) is 12.1 Å². The fourth-order valence-electron chi connectivity index (χ4n) is 4.92. The van der Waals surface area contributed by atoms with E-state index >= 15 is 0 Å². The summed E-state index contributed by atoms with van der Waals surface area (Å²) < 4.78 is 37.6. The summed E-state index contributed by atoms with van der Waals surface area (Å²) >= 11 is 0. The second kappa shape index (κ2) is 22.1. The molecular formula is C36H60N2O5S. The number of esters is 1. The maximum atomic E-state index is 12.3. The molecule has 0 spiro atoms. The predicted molar refractivity (Wildman–Crippen MR) is 182 cm³/mol. The van der Waals surface area contributed by atoms with Crippen molar-refractivity contribution in [3.05, 3.63) is 59.7 Å². The van der Waals surface area contributed by atoms with Crippen molar-refractivity contribution in [1.29, 1.82) is 0 Å². The Morgan fingerprint density at radius 2 is 1.18 bits per heavy atom. The van der Waals surface area contributed by atoms with Gasteiger partial charge >= 0.3 is 5.97 Å². The Morgan fingerprint density at radius 3 is 1.61 bits per heavy atom. The van der Waals surface area contributed by atoms with Gasteiger partial charge < -0.3 is 18.7 Å². The van der Waals surface area contributed by atoms with E-state index in [1.807, 2.05) is 50.2 Å². The Labute approximate surface area is 269 Å². The van der Waals surface area contributed by atoms with Crippen LogP contribution in [-0.4, -0.2) is 71.3 Å². The summed E-state index contributed by atoms with van der Waals surface area (Å²) in [4.78, 5) is 14.1. The average molecular weight is 633 g/mol. The Balaban J connectivity index is 0.000000733. The van der Waals surface area contributed by atoms with Gasteiger partial charge in [0.05, 0.1) is 31.1 Å². The molecule has 0 aliphatic heterocycles. The zero-order valence-electron chi connectivity index (χ0n) is 28.5. The van der Waals surface area contributed by atoms with E-state index in [1.165, 1.54) is 102 Å². The van der Waals surface area contributed by atoms with Crippen LogP contribution in [0.2, 0.25) is 0 Å². The summed E-state index contributed by atoms with van der Waals surface area (Å²) in [5, 5.41) is 0. The summed E-state index contributed by atoms with van der Waals surface area (Å²) in [6.07, 6.45) is 19.5. The van der Waals surface area contributed by atoms with Gasteiger partial charge in [-0.2, -0.15) is 0 Å². The number of nitrogens with zero attached hydrogens (tertiary/aromatic N) is 2. The number of aryl methyl sites for hydroxylation is 1. The first kappa shape index (κ1) is 39.6. The lowest BCUT2D eigenvalue weighted by Crippen LogP contribution is -2.43. The van der Waals surface area contributed by atoms with E-state index in [4.69, 9.17) is 4.74 Å². The number of hydrogen-bond donors (Lipinski definition) is 0. The Morgan fingerprint density at radius 1 is 0.727 bits per heavy atom. The summed E-state index contributed by atoms with van der Waals surface area (Å²) in [6, 6.07) is 13.4. The van der Waals surface area contributed by atoms with E-state index in [0.29, 0.717) is 12.2 Å². The van der Waals surface area contributed by atoms with Crippen LogP contribution in [0.4, 0.5) is 5.69 Å². The third kappa shape index (κ3) is 19.1. The lowest BCUT2D eigenvalue weighted by Gasteiger charge is -2.29. The second-order valence-corrected chi connectivity index (χ2v) is 14.2. The fraction of sp³-hybridized carbons (Fsp3) is 0.639. The van der Waals surface area contributed by atoms with Crippen molar-refractivity contribution in [2.45, 2.75) is 109 Å². The molecular weight excluding hydrogens is 572 g/mol. The maximum absolute atomic E-state index is 12.3. The van der Waals surface area contributed by atoms with Gasteiger partial charge in [-0.05, 0) is 56.2 Å². The normalized spacial score (nSPS) is 11.5. The molecule has 8 heteroatoms. The molecule has 0 aliphatic carbocycles. The van der Waals surface area contributed by atoms with E-state index in [2.05, 4.69) is 21.0 Å². The molecule has 0 N–H and O–H groups in total. The van der Waals surface area contributed by atoms with Crippen LogP contribution in [0.25, 0.3) is 0 Å². The van der Waals surface area contributed by atoms with Crippen LogP contribution in [-0.2, 0) is 14.9 Å². The number of likely N-dealkylation sites (N-methyl/N-ethyl adjacent to an activating group) is 1. The maximum Gasteiger partial charge on any atom is 0.338 e. The smallest absolute Gasteiger partial charge is 0.338 e. The van der Waals surface area contributed by atoms with Gasteiger partial charge in [0.15, 0.2) is 0 Å². The molecule has 2 rings (SSSR count). The van der Waals surface area contributed by atoms with Crippen molar-refractivity contribution in [3.63, 3.8) is 0 Å². The third-order valence-corrected chi connectivity index (χ3v) is 8.83. The van der Waals surface area contributed by atoms with Crippen LogP contribution in [0.1, 0.15) is 113 Å². The number of unbranched alkanes of at least 4 members (excludes halogenated alkanes) is 13. The van der Waals surface area contributed by atoms with E-state index in [-0.39, 0.29) is 10.9 Å². The molecule has 0 bridgehead atoms. The van der Waals surface area contributed by atoms with Crippen LogP contribution in [0, 0.1) is 6.92 Å². The molecule has 7 nitrogen and oxygen atoms in total. The van der Waals surface area contributed by atoms with Crippen LogP contribution in [0.15, 0.2) is 53.4 Å². The molecule has 2 aromatic rings. The molecule has 250 valence electrons. The highest BCUT2D eigenvalue weighted by Gasteiger charge is 2.16. The number of carbonyl (C=O) groups is 1. The predicted octanol–water partition coefficient (Wildman–Crippen LogP) is 8.37. The Hall–Kier alpha value is -2.42. The minimum atomic E-state index is -4.27. The van der Waals surface area contributed by atoms with Gasteiger partial charge in [0.2, 0.25) is 0 Å². The molecule has 0 radical (unpaired) electrons. The first-order valence-corrected chi connectivity index (χ1v) is 18.1. The van der Waals surface area contributed by atoms with Gasteiger partial charge in [0.1, 0.15) is 23.3 Å². The lowest BCUT2D eigenvalue weighted by molar-refractivity contribution is -0.890. The monoisotopic (exact) mass is 632 g/mol. The molecule has 0 atom stereocenters. The summed E-state index contributed by atoms with van der Waals surface area (Å²) in [7, 11) is 4.19. The number of benzene rings is 2. The van der Waals surface area contributed by atoms with E-state index < -0.39 is 10.1 Å².